The largest absolute Gasteiger partial charge is 0.494 e. The van der Waals surface area contributed by atoms with Crippen LogP contribution >= 0.6 is 0 Å². The van der Waals surface area contributed by atoms with Crippen molar-refractivity contribution in [3.8, 4) is 22.6 Å². The minimum Gasteiger partial charge on any atom is -0.494 e. The van der Waals surface area contributed by atoms with Gasteiger partial charge in [0.25, 0.3) is 11.8 Å². The first kappa shape index (κ1) is 20.9. The molecule has 3 aromatic rings. The lowest BCUT2D eigenvalue weighted by Crippen LogP contribution is -2.47. The maximum Gasteiger partial charge on any atom is 0.279 e. The van der Waals surface area contributed by atoms with Crippen molar-refractivity contribution in [2.75, 3.05) is 6.61 Å². The minimum atomic E-state index is -0.788. The van der Waals surface area contributed by atoms with Crippen LogP contribution < -0.4 is 20.3 Å². The quantitative estimate of drug-likeness (QED) is 0.584. The Kier molecular flexibility index (Phi) is 7.05. The van der Waals surface area contributed by atoms with Gasteiger partial charge in [-0.05, 0) is 61.4 Å². The van der Waals surface area contributed by atoms with Crippen LogP contribution in [0.25, 0.3) is 11.1 Å². The summed E-state index contributed by atoms with van der Waals surface area (Å²) in [5.41, 5.74) is 7.32. The van der Waals surface area contributed by atoms with Crippen molar-refractivity contribution in [2.45, 2.75) is 20.0 Å². The number of nitrogens with one attached hydrogen (secondary N) is 2. The van der Waals surface area contributed by atoms with Gasteiger partial charge in [0.05, 0.1) is 6.61 Å². The van der Waals surface area contributed by atoms with Crippen LogP contribution in [0.5, 0.6) is 11.5 Å². The molecule has 30 heavy (non-hydrogen) atoms. The van der Waals surface area contributed by atoms with Crippen molar-refractivity contribution in [3.63, 3.8) is 0 Å². The van der Waals surface area contributed by atoms with Crippen molar-refractivity contribution in [1.29, 1.82) is 0 Å². The predicted octanol–water partition coefficient (Wildman–Crippen LogP) is 3.98. The molecule has 2 amide bonds. The van der Waals surface area contributed by atoms with E-state index in [1.807, 2.05) is 49.4 Å². The summed E-state index contributed by atoms with van der Waals surface area (Å²) < 4.78 is 11.0. The summed E-state index contributed by atoms with van der Waals surface area (Å²) >= 11 is 0. The highest BCUT2D eigenvalue weighted by Crippen LogP contribution is 2.20. The molecule has 0 aliphatic carbocycles. The molecule has 0 aromatic heterocycles. The molecule has 2 N–H and O–H groups in total. The zero-order chi connectivity index (χ0) is 21.3. The second-order valence-corrected chi connectivity index (χ2v) is 6.55. The number of benzene rings is 3. The van der Waals surface area contributed by atoms with Gasteiger partial charge in [0.1, 0.15) is 11.5 Å². The number of ether oxygens (including phenoxy) is 2. The number of hydrogen-bond donors (Lipinski definition) is 2. The summed E-state index contributed by atoms with van der Waals surface area (Å²) in [6, 6.07) is 24.0. The van der Waals surface area contributed by atoms with Gasteiger partial charge in [-0.3, -0.25) is 20.4 Å². The zero-order valence-electron chi connectivity index (χ0n) is 16.9. The number of carbonyl (C=O) groups is 2. The van der Waals surface area contributed by atoms with E-state index < -0.39 is 17.9 Å². The summed E-state index contributed by atoms with van der Waals surface area (Å²) in [5.74, 6) is 0.394. The fraction of sp³-hybridized carbons (Fsp3) is 0.167. The third-order valence-corrected chi connectivity index (χ3v) is 4.37. The first-order valence-electron chi connectivity index (χ1n) is 9.72. The first-order chi connectivity index (χ1) is 14.6. The number of rotatable bonds is 7. The molecule has 0 saturated carbocycles. The van der Waals surface area contributed by atoms with E-state index in [-0.39, 0.29) is 0 Å². The Hall–Kier alpha value is -3.80. The molecule has 0 aliphatic heterocycles. The summed E-state index contributed by atoms with van der Waals surface area (Å²) in [6.45, 7) is 4.09. The Morgan fingerprint density at radius 1 is 0.800 bits per heavy atom. The van der Waals surface area contributed by atoms with E-state index >= 15 is 0 Å². The van der Waals surface area contributed by atoms with Gasteiger partial charge in [0.15, 0.2) is 6.10 Å². The second-order valence-electron chi connectivity index (χ2n) is 6.55. The Labute approximate surface area is 175 Å². The molecule has 0 fully saturated rings. The normalized spacial score (nSPS) is 11.3. The molecule has 0 radical (unpaired) electrons. The summed E-state index contributed by atoms with van der Waals surface area (Å²) in [7, 11) is 0. The third-order valence-electron chi connectivity index (χ3n) is 4.37. The predicted molar refractivity (Wildman–Crippen MR) is 115 cm³/mol. The van der Waals surface area contributed by atoms with Crippen molar-refractivity contribution in [1.82, 2.24) is 10.9 Å². The third kappa shape index (κ3) is 5.61. The van der Waals surface area contributed by atoms with Crippen LogP contribution in [0.1, 0.15) is 24.2 Å². The molecule has 3 rings (SSSR count). The van der Waals surface area contributed by atoms with Gasteiger partial charge in [0, 0.05) is 5.56 Å². The monoisotopic (exact) mass is 404 g/mol. The van der Waals surface area contributed by atoms with Gasteiger partial charge < -0.3 is 9.47 Å². The van der Waals surface area contributed by atoms with E-state index in [0.29, 0.717) is 17.9 Å². The highest BCUT2D eigenvalue weighted by Gasteiger charge is 2.16. The lowest BCUT2D eigenvalue weighted by Gasteiger charge is -2.15. The van der Waals surface area contributed by atoms with Gasteiger partial charge in [-0.1, -0.05) is 42.5 Å². The summed E-state index contributed by atoms with van der Waals surface area (Å²) in [6.07, 6.45) is -0.788. The van der Waals surface area contributed by atoms with Crippen LogP contribution in [0, 0.1) is 0 Å². The Morgan fingerprint density at radius 3 is 2.03 bits per heavy atom. The van der Waals surface area contributed by atoms with Gasteiger partial charge >= 0.3 is 0 Å². The Balaban J connectivity index is 1.50. The molecule has 154 valence electrons. The molecule has 0 bridgehead atoms. The number of carbonyl (C=O) groups excluding carboxylic acids is 2. The van der Waals surface area contributed by atoms with Crippen LogP contribution in [-0.2, 0) is 4.79 Å². The highest BCUT2D eigenvalue weighted by molar-refractivity contribution is 5.96. The first-order valence-corrected chi connectivity index (χ1v) is 9.72. The lowest BCUT2D eigenvalue weighted by molar-refractivity contribution is -0.128. The number of hydrogen-bond acceptors (Lipinski definition) is 4. The topological polar surface area (TPSA) is 76.7 Å². The summed E-state index contributed by atoms with van der Waals surface area (Å²) in [4.78, 5) is 24.5. The fourth-order valence-electron chi connectivity index (χ4n) is 2.78. The van der Waals surface area contributed by atoms with Crippen molar-refractivity contribution >= 4 is 11.8 Å². The molecular formula is C24H24N2O4. The zero-order valence-corrected chi connectivity index (χ0v) is 16.9. The smallest absolute Gasteiger partial charge is 0.279 e. The Bertz CT molecular complexity index is 970. The van der Waals surface area contributed by atoms with Crippen LogP contribution in [0.2, 0.25) is 0 Å². The Morgan fingerprint density at radius 2 is 1.40 bits per heavy atom. The second kappa shape index (κ2) is 10.1. The van der Waals surface area contributed by atoms with Crippen LogP contribution in [0.3, 0.4) is 0 Å². The van der Waals surface area contributed by atoms with E-state index in [9.17, 15) is 9.59 Å². The highest BCUT2D eigenvalue weighted by atomic mass is 16.5. The number of hydrazine groups is 1. The SMILES string of the molecule is CCOc1ccc(O[C@H](C)C(=O)NNC(=O)c2ccc(-c3ccccc3)cc2)cc1. The number of amides is 2. The summed E-state index contributed by atoms with van der Waals surface area (Å²) in [5, 5.41) is 0. The maximum atomic E-state index is 12.3. The van der Waals surface area contributed by atoms with Crippen LogP contribution in [0.15, 0.2) is 78.9 Å². The van der Waals surface area contributed by atoms with Crippen LogP contribution in [-0.4, -0.2) is 24.5 Å². The van der Waals surface area contributed by atoms with Gasteiger partial charge in [-0.25, -0.2) is 0 Å². The molecule has 0 unspecified atom stereocenters. The molecule has 0 aliphatic rings. The standard InChI is InChI=1S/C24H24N2O4/c1-3-29-21-13-15-22(16-14-21)30-17(2)23(27)25-26-24(28)20-11-9-19(10-12-20)18-7-5-4-6-8-18/h4-17H,3H2,1-2H3,(H,25,27)(H,26,28)/t17-/m1/s1. The average Bonchev–Trinajstić information content (AvgIpc) is 2.79. The average molecular weight is 404 g/mol. The van der Waals surface area contributed by atoms with E-state index in [0.717, 1.165) is 16.9 Å². The molecule has 0 heterocycles. The van der Waals surface area contributed by atoms with E-state index in [1.54, 1.807) is 43.3 Å². The van der Waals surface area contributed by atoms with Crippen molar-refractivity contribution in [2.24, 2.45) is 0 Å². The molecular weight excluding hydrogens is 380 g/mol. The molecule has 6 heteroatoms. The van der Waals surface area contributed by atoms with E-state index in [4.69, 9.17) is 9.47 Å². The van der Waals surface area contributed by atoms with E-state index in [1.165, 1.54) is 0 Å². The molecule has 3 aromatic carbocycles. The minimum absolute atomic E-state index is 0.406. The lowest BCUT2D eigenvalue weighted by atomic mass is 10.0. The molecule has 6 nitrogen and oxygen atoms in total. The van der Waals surface area contributed by atoms with E-state index in [2.05, 4.69) is 10.9 Å². The van der Waals surface area contributed by atoms with Gasteiger partial charge in [-0.15, -0.1) is 0 Å². The van der Waals surface area contributed by atoms with Gasteiger partial charge in [-0.2, -0.15) is 0 Å². The fourth-order valence-corrected chi connectivity index (χ4v) is 2.78. The van der Waals surface area contributed by atoms with Crippen molar-refractivity contribution in [3.05, 3.63) is 84.4 Å². The molecule has 0 saturated heterocycles. The van der Waals surface area contributed by atoms with Gasteiger partial charge in [0.2, 0.25) is 0 Å². The maximum absolute atomic E-state index is 12.3. The molecule has 1 atom stereocenters. The molecule has 0 spiro atoms. The van der Waals surface area contributed by atoms with Crippen LogP contribution in [0.4, 0.5) is 0 Å². The van der Waals surface area contributed by atoms with Crippen molar-refractivity contribution < 1.29 is 19.1 Å².